The normalized spacial score (nSPS) is 12.4. The van der Waals surface area contributed by atoms with E-state index in [2.05, 4.69) is 21.2 Å². The van der Waals surface area contributed by atoms with Crippen LogP contribution in [-0.2, 0) is 16.6 Å². The average molecular weight is 363 g/mol. The molecule has 0 saturated carbocycles. The number of sulfonamides is 1. The van der Waals surface area contributed by atoms with E-state index in [1.165, 1.54) is 4.31 Å². The number of hydrogen-bond acceptors (Lipinski definition) is 3. The Morgan fingerprint density at radius 3 is 2.40 bits per heavy atom. The van der Waals surface area contributed by atoms with E-state index >= 15 is 0 Å². The second-order valence-corrected chi connectivity index (χ2v) is 7.71. The Bertz CT molecular complexity index is 571. The van der Waals surface area contributed by atoms with Crippen LogP contribution in [0.4, 0.5) is 0 Å². The van der Waals surface area contributed by atoms with E-state index in [-0.39, 0.29) is 6.04 Å². The van der Waals surface area contributed by atoms with Crippen LogP contribution in [0.3, 0.4) is 0 Å². The van der Waals surface area contributed by atoms with Gasteiger partial charge in [-0.2, -0.15) is 4.31 Å². The fraction of sp³-hybridized carbons (Fsp3) is 0.571. The van der Waals surface area contributed by atoms with Crippen molar-refractivity contribution >= 4 is 26.0 Å². The number of halogens is 1. The Hall–Kier alpha value is -0.430. The first-order valence-corrected chi connectivity index (χ1v) is 8.94. The fourth-order valence-corrected chi connectivity index (χ4v) is 4.92. The maximum atomic E-state index is 12.8. The molecule has 6 heteroatoms. The second-order valence-electron chi connectivity index (χ2n) is 5.06. The van der Waals surface area contributed by atoms with Crippen molar-refractivity contribution in [3.05, 3.63) is 27.7 Å². The average Bonchev–Trinajstić information content (AvgIpc) is 2.33. The predicted molar refractivity (Wildman–Crippen MR) is 86.3 cm³/mol. The van der Waals surface area contributed by atoms with E-state index in [0.29, 0.717) is 22.5 Å². The molecular formula is C14H23BrN2O2S. The summed E-state index contributed by atoms with van der Waals surface area (Å²) in [6.07, 6.45) is 0. The van der Waals surface area contributed by atoms with Crippen LogP contribution in [0.1, 0.15) is 31.9 Å². The van der Waals surface area contributed by atoms with E-state index in [1.54, 1.807) is 6.07 Å². The van der Waals surface area contributed by atoms with Crippen LogP contribution in [0.2, 0.25) is 0 Å². The summed E-state index contributed by atoms with van der Waals surface area (Å²) in [7, 11) is -1.64. The van der Waals surface area contributed by atoms with Crippen molar-refractivity contribution in [1.82, 2.24) is 9.62 Å². The molecule has 4 nitrogen and oxygen atoms in total. The summed E-state index contributed by atoms with van der Waals surface area (Å²) in [5.74, 6) is 0. The predicted octanol–water partition coefficient (Wildman–Crippen LogP) is 2.90. The van der Waals surface area contributed by atoms with Gasteiger partial charge < -0.3 is 5.32 Å². The third-order valence-electron chi connectivity index (χ3n) is 3.14. The fourth-order valence-electron chi connectivity index (χ4n) is 2.24. The van der Waals surface area contributed by atoms with E-state index in [9.17, 15) is 8.42 Å². The molecular weight excluding hydrogens is 340 g/mol. The summed E-state index contributed by atoms with van der Waals surface area (Å²) in [6, 6.07) is 3.67. The van der Waals surface area contributed by atoms with Gasteiger partial charge in [0, 0.05) is 23.6 Å². The molecule has 0 spiro atoms. The van der Waals surface area contributed by atoms with Gasteiger partial charge in [-0.25, -0.2) is 8.42 Å². The van der Waals surface area contributed by atoms with Crippen LogP contribution in [0.5, 0.6) is 0 Å². The summed E-state index contributed by atoms with van der Waals surface area (Å²) in [5.41, 5.74) is 1.89. The molecule has 1 N–H and O–H groups in total. The van der Waals surface area contributed by atoms with Crippen molar-refractivity contribution in [2.24, 2.45) is 0 Å². The number of benzene rings is 1. The van der Waals surface area contributed by atoms with Crippen LogP contribution in [0.15, 0.2) is 21.5 Å². The summed E-state index contributed by atoms with van der Waals surface area (Å²) in [5, 5.41) is 3.05. The highest BCUT2D eigenvalue weighted by atomic mass is 79.9. The first-order valence-electron chi connectivity index (χ1n) is 6.71. The SMILES string of the molecule is CCN(C(C)C)S(=O)(=O)c1cc(CNC)cc(C)c1Br. The molecule has 0 bridgehead atoms. The van der Waals surface area contributed by atoms with Gasteiger partial charge in [0.05, 0.1) is 4.90 Å². The van der Waals surface area contributed by atoms with Crippen LogP contribution in [-0.4, -0.2) is 32.4 Å². The van der Waals surface area contributed by atoms with Gasteiger partial charge in [0.1, 0.15) is 0 Å². The van der Waals surface area contributed by atoms with Crippen LogP contribution < -0.4 is 5.32 Å². The molecule has 1 aromatic carbocycles. The second kappa shape index (κ2) is 7.02. The Morgan fingerprint density at radius 2 is 1.95 bits per heavy atom. The molecule has 1 rings (SSSR count). The lowest BCUT2D eigenvalue weighted by atomic mass is 10.1. The Kier molecular flexibility index (Phi) is 6.19. The number of nitrogens with one attached hydrogen (secondary N) is 1. The van der Waals surface area contributed by atoms with E-state index < -0.39 is 10.0 Å². The molecule has 1 aromatic rings. The molecule has 0 aliphatic rings. The minimum absolute atomic E-state index is 0.0647. The molecule has 20 heavy (non-hydrogen) atoms. The van der Waals surface area contributed by atoms with Gasteiger partial charge in [-0.1, -0.05) is 13.0 Å². The molecule has 0 fully saturated rings. The molecule has 114 valence electrons. The molecule has 0 radical (unpaired) electrons. The maximum Gasteiger partial charge on any atom is 0.244 e. The highest BCUT2D eigenvalue weighted by molar-refractivity contribution is 9.10. The van der Waals surface area contributed by atoms with Gasteiger partial charge in [0.2, 0.25) is 10.0 Å². The van der Waals surface area contributed by atoms with Gasteiger partial charge >= 0.3 is 0 Å². The molecule has 0 unspecified atom stereocenters. The van der Waals surface area contributed by atoms with Gasteiger partial charge in [-0.05, 0) is 60.9 Å². The first kappa shape index (κ1) is 17.6. The van der Waals surface area contributed by atoms with E-state index in [4.69, 9.17) is 0 Å². The number of hydrogen-bond donors (Lipinski definition) is 1. The largest absolute Gasteiger partial charge is 0.316 e. The maximum absolute atomic E-state index is 12.8. The Balaban J connectivity index is 3.44. The zero-order valence-electron chi connectivity index (χ0n) is 12.7. The quantitative estimate of drug-likeness (QED) is 0.846. The topological polar surface area (TPSA) is 49.4 Å². The highest BCUT2D eigenvalue weighted by Gasteiger charge is 2.28. The van der Waals surface area contributed by atoms with Gasteiger partial charge in [-0.15, -0.1) is 0 Å². The molecule has 0 atom stereocenters. The lowest BCUT2D eigenvalue weighted by Crippen LogP contribution is -2.37. The molecule has 0 aliphatic heterocycles. The third kappa shape index (κ3) is 3.61. The lowest BCUT2D eigenvalue weighted by Gasteiger charge is -2.25. The lowest BCUT2D eigenvalue weighted by molar-refractivity contribution is 0.369. The van der Waals surface area contributed by atoms with Crippen LogP contribution in [0, 0.1) is 6.92 Å². The molecule has 0 heterocycles. The van der Waals surface area contributed by atoms with Gasteiger partial charge in [-0.3, -0.25) is 0 Å². The molecule has 0 saturated heterocycles. The zero-order valence-corrected chi connectivity index (χ0v) is 15.1. The van der Waals surface area contributed by atoms with Crippen molar-refractivity contribution < 1.29 is 8.42 Å². The van der Waals surface area contributed by atoms with Crippen LogP contribution in [0.25, 0.3) is 0 Å². The zero-order chi connectivity index (χ0) is 15.5. The summed E-state index contributed by atoms with van der Waals surface area (Å²) >= 11 is 3.42. The van der Waals surface area contributed by atoms with E-state index in [0.717, 1.165) is 11.1 Å². The minimum atomic E-state index is -3.49. The molecule has 0 aromatic heterocycles. The van der Waals surface area contributed by atoms with Crippen molar-refractivity contribution in [2.75, 3.05) is 13.6 Å². The van der Waals surface area contributed by atoms with Crippen molar-refractivity contribution in [3.63, 3.8) is 0 Å². The van der Waals surface area contributed by atoms with E-state index in [1.807, 2.05) is 40.8 Å². The smallest absolute Gasteiger partial charge is 0.244 e. The number of rotatable bonds is 6. The Morgan fingerprint density at radius 1 is 1.35 bits per heavy atom. The van der Waals surface area contributed by atoms with Crippen molar-refractivity contribution in [1.29, 1.82) is 0 Å². The van der Waals surface area contributed by atoms with Crippen molar-refractivity contribution in [3.8, 4) is 0 Å². The molecule has 0 aliphatic carbocycles. The van der Waals surface area contributed by atoms with Gasteiger partial charge in [0.15, 0.2) is 0 Å². The summed E-state index contributed by atoms with van der Waals surface area (Å²) in [6.45, 7) is 8.65. The van der Waals surface area contributed by atoms with Gasteiger partial charge in [0.25, 0.3) is 0 Å². The third-order valence-corrected chi connectivity index (χ3v) is 6.63. The number of nitrogens with zero attached hydrogens (tertiary/aromatic N) is 1. The van der Waals surface area contributed by atoms with Crippen LogP contribution >= 0.6 is 15.9 Å². The summed E-state index contributed by atoms with van der Waals surface area (Å²) < 4.78 is 27.8. The summed E-state index contributed by atoms with van der Waals surface area (Å²) in [4.78, 5) is 0.346. The van der Waals surface area contributed by atoms with Crippen molar-refractivity contribution in [2.45, 2.75) is 45.2 Å². The minimum Gasteiger partial charge on any atom is -0.316 e. The monoisotopic (exact) mass is 362 g/mol. The Labute approximate surface area is 130 Å². The first-order chi connectivity index (χ1) is 9.25. The number of aryl methyl sites for hydroxylation is 1. The highest BCUT2D eigenvalue weighted by Crippen LogP contribution is 2.30. The standard InChI is InChI=1S/C14H23BrN2O2S/c1-6-17(10(2)3)20(18,19)13-8-12(9-16-5)7-11(4)14(13)15/h7-8,10,16H,6,9H2,1-5H3. The molecule has 0 amide bonds.